The number of halogens is 1. The third-order valence-corrected chi connectivity index (χ3v) is 6.14. The van der Waals surface area contributed by atoms with Crippen molar-refractivity contribution in [2.24, 2.45) is 5.92 Å². The number of ether oxygens (including phenoxy) is 1. The Morgan fingerprint density at radius 3 is 2.46 bits per heavy atom. The summed E-state index contributed by atoms with van der Waals surface area (Å²) in [6.07, 6.45) is 0.568. The van der Waals surface area contributed by atoms with Crippen molar-refractivity contribution >= 4 is 29.3 Å². The number of carbonyl (C=O) groups is 2. The number of rotatable bonds is 5. The zero-order valence-electron chi connectivity index (χ0n) is 21.2. The van der Waals surface area contributed by atoms with Gasteiger partial charge in [0.05, 0.1) is 18.0 Å². The number of aliphatic hydroxyl groups excluding tert-OH is 1. The van der Waals surface area contributed by atoms with Crippen LogP contribution in [0.15, 0.2) is 54.6 Å². The molecule has 2 heterocycles. The highest BCUT2D eigenvalue weighted by atomic mass is 35.5. The van der Waals surface area contributed by atoms with Gasteiger partial charge in [-0.25, -0.2) is 19.7 Å². The molecule has 0 bridgehead atoms. The van der Waals surface area contributed by atoms with Crippen LogP contribution in [0, 0.1) is 5.92 Å². The zero-order valence-corrected chi connectivity index (χ0v) is 22.0. The van der Waals surface area contributed by atoms with Crippen LogP contribution in [0.3, 0.4) is 0 Å². The highest BCUT2D eigenvalue weighted by molar-refractivity contribution is 6.29. The number of imide groups is 1. The largest absolute Gasteiger partial charge is 0.443 e. The van der Waals surface area contributed by atoms with E-state index in [9.17, 15) is 14.7 Å². The van der Waals surface area contributed by atoms with E-state index >= 15 is 0 Å². The number of nitrogens with zero attached hydrogens (tertiary/aromatic N) is 3. The van der Waals surface area contributed by atoms with Crippen LogP contribution in [-0.2, 0) is 16.1 Å². The molecule has 0 atom stereocenters. The summed E-state index contributed by atoms with van der Waals surface area (Å²) in [7, 11) is 0. The normalized spacial score (nSPS) is 14.3. The minimum atomic E-state index is -0.768. The van der Waals surface area contributed by atoms with Gasteiger partial charge in [0, 0.05) is 23.1 Å². The van der Waals surface area contributed by atoms with Crippen LogP contribution in [-0.4, -0.2) is 45.8 Å². The van der Waals surface area contributed by atoms with Gasteiger partial charge in [-0.1, -0.05) is 41.9 Å². The van der Waals surface area contributed by atoms with Crippen LogP contribution < -0.4 is 10.2 Å². The van der Waals surface area contributed by atoms with Crippen LogP contribution in [0.5, 0.6) is 0 Å². The van der Waals surface area contributed by atoms with Crippen molar-refractivity contribution in [3.05, 3.63) is 65.3 Å². The second-order valence-electron chi connectivity index (χ2n) is 9.99. The molecule has 0 unspecified atom stereocenters. The summed E-state index contributed by atoms with van der Waals surface area (Å²) in [6, 6.07) is 16.0. The lowest BCUT2D eigenvalue weighted by molar-refractivity contribution is -0.122. The van der Waals surface area contributed by atoms with Gasteiger partial charge in [0.2, 0.25) is 5.91 Å². The van der Waals surface area contributed by atoms with E-state index in [-0.39, 0.29) is 23.6 Å². The molecule has 1 aliphatic heterocycles. The molecule has 1 aliphatic rings. The summed E-state index contributed by atoms with van der Waals surface area (Å²) in [5.41, 5.74) is 2.32. The molecule has 2 N–H and O–H groups in total. The Hall–Kier alpha value is -3.33. The molecule has 194 valence electrons. The molecule has 0 spiro atoms. The molecule has 2 aromatic carbocycles. The average molecular weight is 523 g/mol. The Bertz CT molecular complexity index is 1290. The van der Waals surface area contributed by atoms with Crippen molar-refractivity contribution in [1.29, 1.82) is 0 Å². The minimum absolute atomic E-state index is 0.0901. The van der Waals surface area contributed by atoms with E-state index in [1.54, 1.807) is 51.1 Å². The predicted molar refractivity (Wildman–Crippen MR) is 143 cm³/mol. The Morgan fingerprint density at radius 1 is 1.05 bits per heavy atom. The third-order valence-electron chi connectivity index (χ3n) is 5.95. The standard InChI is InChI=1S/C28H31ClN4O4/c1-28(2,3)37-27(36)33(26(35)19-10-12-30-13-11-19)22-9-5-8-21(15-22)25-31-23(16-24(29)32-25)20-7-4-6-18(14-20)17-34/h4-9,14-16,19,30,34H,10-13,17H2,1-3H3. The van der Waals surface area contributed by atoms with Gasteiger partial charge in [-0.15, -0.1) is 0 Å². The molecule has 1 fully saturated rings. The van der Waals surface area contributed by atoms with Gasteiger partial charge < -0.3 is 15.2 Å². The second-order valence-corrected chi connectivity index (χ2v) is 10.4. The smallest absolute Gasteiger partial charge is 0.421 e. The van der Waals surface area contributed by atoms with Gasteiger partial charge in [-0.05, 0) is 70.5 Å². The Kier molecular flexibility index (Phi) is 8.22. The summed E-state index contributed by atoms with van der Waals surface area (Å²) in [6.45, 7) is 6.64. The topological polar surface area (TPSA) is 105 Å². The highest BCUT2D eigenvalue weighted by Gasteiger charge is 2.34. The fourth-order valence-electron chi connectivity index (χ4n) is 4.19. The maximum Gasteiger partial charge on any atom is 0.421 e. The number of aliphatic hydroxyl groups is 1. The van der Waals surface area contributed by atoms with Gasteiger partial charge in [0.25, 0.3) is 0 Å². The molecule has 3 aromatic rings. The Morgan fingerprint density at radius 2 is 1.76 bits per heavy atom. The Labute approximate surface area is 221 Å². The van der Waals surface area contributed by atoms with Gasteiger partial charge >= 0.3 is 6.09 Å². The fourth-order valence-corrected chi connectivity index (χ4v) is 4.37. The first-order chi connectivity index (χ1) is 17.6. The van der Waals surface area contributed by atoms with Gasteiger partial charge in [0.15, 0.2) is 5.82 Å². The van der Waals surface area contributed by atoms with Crippen LogP contribution in [0.2, 0.25) is 5.15 Å². The monoisotopic (exact) mass is 522 g/mol. The van der Waals surface area contributed by atoms with E-state index in [0.717, 1.165) is 29.1 Å². The fraction of sp³-hybridized carbons (Fsp3) is 0.357. The molecule has 9 heteroatoms. The summed E-state index contributed by atoms with van der Waals surface area (Å²) >= 11 is 6.36. The predicted octanol–water partition coefficient (Wildman–Crippen LogP) is 5.22. The minimum Gasteiger partial charge on any atom is -0.443 e. The van der Waals surface area contributed by atoms with Crippen LogP contribution >= 0.6 is 11.6 Å². The second kappa shape index (κ2) is 11.4. The third kappa shape index (κ3) is 6.71. The van der Waals surface area contributed by atoms with Crippen molar-refractivity contribution in [3.8, 4) is 22.6 Å². The van der Waals surface area contributed by atoms with Crippen molar-refractivity contribution < 1.29 is 19.4 Å². The van der Waals surface area contributed by atoms with E-state index in [1.165, 1.54) is 0 Å². The number of nitrogens with one attached hydrogen (secondary N) is 1. The van der Waals surface area contributed by atoms with Crippen LogP contribution in [0.25, 0.3) is 22.6 Å². The lowest BCUT2D eigenvalue weighted by Crippen LogP contribution is -2.46. The van der Waals surface area contributed by atoms with Gasteiger partial charge in [-0.3, -0.25) is 4.79 Å². The lowest BCUT2D eigenvalue weighted by Gasteiger charge is -2.30. The van der Waals surface area contributed by atoms with Crippen molar-refractivity contribution in [2.45, 2.75) is 45.8 Å². The molecule has 4 rings (SSSR count). The van der Waals surface area contributed by atoms with E-state index in [4.69, 9.17) is 16.3 Å². The first-order valence-electron chi connectivity index (χ1n) is 12.3. The average Bonchev–Trinajstić information content (AvgIpc) is 2.88. The van der Waals surface area contributed by atoms with E-state index in [2.05, 4.69) is 15.3 Å². The maximum atomic E-state index is 13.6. The van der Waals surface area contributed by atoms with Crippen LogP contribution in [0.4, 0.5) is 10.5 Å². The molecular weight excluding hydrogens is 492 g/mol. The molecule has 0 radical (unpaired) electrons. The zero-order chi connectivity index (χ0) is 26.6. The van der Waals surface area contributed by atoms with E-state index < -0.39 is 11.7 Å². The first kappa shape index (κ1) is 26.7. The van der Waals surface area contributed by atoms with Crippen molar-refractivity contribution in [3.63, 3.8) is 0 Å². The number of aromatic nitrogens is 2. The SMILES string of the molecule is CC(C)(C)OC(=O)N(C(=O)C1CCNCC1)c1cccc(-c2nc(Cl)cc(-c3cccc(CO)c3)n2)c1. The van der Waals surface area contributed by atoms with E-state index in [0.29, 0.717) is 35.6 Å². The number of hydrogen-bond acceptors (Lipinski definition) is 7. The number of hydrogen-bond donors (Lipinski definition) is 2. The molecule has 2 amide bonds. The number of carbonyl (C=O) groups excluding carboxylic acids is 2. The highest BCUT2D eigenvalue weighted by Crippen LogP contribution is 2.30. The molecule has 1 aromatic heterocycles. The lowest BCUT2D eigenvalue weighted by atomic mass is 9.96. The van der Waals surface area contributed by atoms with Crippen molar-refractivity contribution in [1.82, 2.24) is 15.3 Å². The van der Waals surface area contributed by atoms with Gasteiger partial charge in [0.1, 0.15) is 10.8 Å². The first-order valence-corrected chi connectivity index (χ1v) is 12.7. The quantitative estimate of drug-likeness (QED) is 0.442. The van der Waals surface area contributed by atoms with Crippen molar-refractivity contribution in [2.75, 3.05) is 18.0 Å². The Balaban J connectivity index is 1.73. The summed E-state index contributed by atoms with van der Waals surface area (Å²) in [4.78, 5) is 37.0. The molecule has 1 saturated heterocycles. The summed E-state index contributed by atoms with van der Waals surface area (Å²) < 4.78 is 5.61. The molecule has 0 aliphatic carbocycles. The molecule has 37 heavy (non-hydrogen) atoms. The van der Waals surface area contributed by atoms with E-state index in [1.807, 2.05) is 24.3 Å². The number of amides is 2. The van der Waals surface area contributed by atoms with Gasteiger partial charge in [-0.2, -0.15) is 0 Å². The number of piperidine rings is 1. The van der Waals surface area contributed by atoms with Crippen LogP contribution in [0.1, 0.15) is 39.2 Å². The number of anilines is 1. The molecule has 0 saturated carbocycles. The summed E-state index contributed by atoms with van der Waals surface area (Å²) in [5.74, 6) is -0.233. The molecular formula is C28H31ClN4O4. The summed E-state index contributed by atoms with van der Waals surface area (Å²) in [5, 5.41) is 13.0. The molecule has 8 nitrogen and oxygen atoms in total. The maximum absolute atomic E-state index is 13.6. The number of benzene rings is 2.